The lowest BCUT2D eigenvalue weighted by atomic mass is 10.0. The summed E-state index contributed by atoms with van der Waals surface area (Å²) in [5.74, 6) is -0.693. The molecule has 0 fully saturated rings. The van der Waals surface area contributed by atoms with E-state index in [0.29, 0.717) is 23.1 Å². The molecule has 1 aliphatic heterocycles. The zero-order valence-electron chi connectivity index (χ0n) is 14.0. The summed E-state index contributed by atoms with van der Waals surface area (Å²) in [5.41, 5.74) is 1.94. The molecule has 3 aromatic rings. The Morgan fingerprint density at radius 2 is 2.00 bits per heavy atom. The van der Waals surface area contributed by atoms with Crippen molar-refractivity contribution in [1.29, 1.82) is 0 Å². The molecular formula is C19H15F3N2O3. The minimum Gasteiger partial charge on any atom is -0.506 e. The number of phenolic OH excluding ortho intramolecular Hbond substituents is 1. The molecule has 0 bridgehead atoms. The molecule has 5 nitrogen and oxygen atoms in total. The number of carbonyl (C=O) groups excluding carboxylic acids is 1. The highest BCUT2D eigenvalue weighted by molar-refractivity contribution is 6.08. The van der Waals surface area contributed by atoms with Gasteiger partial charge in [0.25, 0.3) is 5.91 Å². The van der Waals surface area contributed by atoms with Gasteiger partial charge in [-0.3, -0.25) is 4.79 Å². The molecule has 140 valence electrons. The van der Waals surface area contributed by atoms with Crippen molar-refractivity contribution in [1.82, 2.24) is 4.98 Å². The number of nitrogens with one attached hydrogen (secondary N) is 1. The third-order valence-electron chi connectivity index (χ3n) is 4.50. The van der Waals surface area contributed by atoms with Gasteiger partial charge in [0, 0.05) is 23.5 Å². The lowest BCUT2D eigenvalue weighted by Crippen LogP contribution is -2.35. The number of fused-ring (bicyclic) bond motifs is 2. The number of nitrogens with zero attached hydrogens (tertiary/aromatic N) is 1. The Morgan fingerprint density at radius 1 is 1.19 bits per heavy atom. The van der Waals surface area contributed by atoms with Crippen LogP contribution in [0.1, 0.15) is 22.5 Å². The number of rotatable bonds is 2. The van der Waals surface area contributed by atoms with E-state index >= 15 is 0 Å². The number of anilines is 1. The minimum atomic E-state index is -4.78. The van der Waals surface area contributed by atoms with Gasteiger partial charge in [-0.2, -0.15) is 0 Å². The van der Waals surface area contributed by atoms with E-state index in [-0.39, 0.29) is 23.1 Å². The molecule has 0 spiro atoms. The number of carbonyl (C=O) groups is 1. The fourth-order valence-electron chi connectivity index (χ4n) is 3.40. The van der Waals surface area contributed by atoms with E-state index in [2.05, 4.69) is 9.72 Å². The van der Waals surface area contributed by atoms with Gasteiger partial charge in [0.2, 0.25) is 0 Å². The van der Waals surface area contributed by atoms with E-state index in [1.54, 1.807) is 12.1 Å². The predicted molar refractivity (Wildman–Crippen MR) is 93.1 cm³/mol. The molecule has 2 aromatic carbocycles. The SMILES string of the molecule is O=C(c1cc2ccc(OC(F)(F)F)cc2[nH]1)N1CCCc2cccc(O)c21. The molecule has 0 saturated heterocycles. The number of aromatic amines is 1. The Balaban J connectivity index is 1.68. The van der Waals surface area contributed by atoms with Crippen LogP contribution in [0.25, 0.3) is 10.9 Å². The van der Waals surface area contributed by atoms with Crippen molar-refractivity contribution >= 4 is 22.5 Å². The van der Waals surface area contributed by atoms with E-state index in [4.69, 9.17) is 0 Å². The molecule has 0 unspecified atom stereocenters. The minimum absolute atomic E-state index is 0.0255. The fraction of sp³-hybridized carbons (Fsp3) is 0.211. The molecule has 2 N–H and O–H groups in total. The Kier molecular flexibility index (Phi) is 3.98. The zero-order chi connectivity index (χ0) is 19.2. The first kappa shape index (κ1) is 17.3. The van der Waals surface area contributed by atoms with Gasteiger partial charge in [-0.15, -0.1) is 13.2 Å². The van der Waals surface area contributed by atoms with Crippen molar-refractivity contribution in [3.63, 3.8) is 0 Å². The summed E-state index contributed by atoms with van der Waals surface area (Å²) in [6.45, 7) is 0.446. The van der Waals surface area contributed by atoms with E-state index in [1.807, 2.05) is 6.07 Å². The number of hydrogen-bond donors (Lipinski definition) is 2. The molecule has 1 aromatic heterocycles. The molecule has 4 rings (SSSR count). The van der Waals surface area contributed by atoms with Crippen LogP contribution in [0, 0.1) is 0 Å². The molecule has 1 amide bonds. The molecule has 27 heavy (non-hydrogen) atoms. The van der Waals surface area contributed by atoms with Crippen molar-refractivity contribution in [2.45, 2.75) is 19.2 Å². The Morgan fingerprint density at radius 3 is 2.78 bits per heavy atom. The normalized spacial score (nSPS) is 14.3. The summed E-state index contributed by atoms with van der Waals surface area (Å²) in [7, 11) is 0. The maximum Gasteiger partial charge on any atom is 0.573 e. The molecular weight excluding hydrogens is 361 g/mol. The van der Waals surface area contributed by atoms with Crippen molar-refractivity contribution < 1.29 is 27.8 Å². The first-order valence-electron chi connectivity index (χ1n) is 8.33. The Labute approximate surface area is 152 Å². The summed E-state index contributed by atoms with van der Waals surface area (Å²) in [4.78, 5) is 17.3. The molecule has 0 radical (unpaired) electrons. The number of alkyl halides is 3. The number of phenols is 1. The quantitative estimate of drug-likeness (QED) is 0.698. The van der Waals surface area contributed by atoms with Crippen LogP contribution >= 0.6 is 0 Å². The maximum absolute atomic E-state index is 13.0. The average Bonchev–Trinajstić information content (AvgIpc) is 3.03. The number of hydrogen-bond acceptors (Lipinski definition) is 3. The van der Waals surface area contributed by atoms with Crippen molar-refractivity contribution in [2.75, 3.05) is 11.4 Å². The van der Waals surface area contributed by atoms with Crippen LogP contribution in [-0.4, -0.2) is 28.9 Å². The third kappa shape index (κ3) is 3.30. The number of para-hydroxylation sites is 1. The number of benzene rings is 2. The molecule has 0 atom stereocenters. The van der Waals surface area contributed by atoms with Crippen LogP contribution in [0.15, 0.2) is 42.5 Å². The monoisotopic (exact) mass is 376 g/mol. The van der Waals surface area contributed by atoms with Gasteiger partial charge in [0.15, 0.2) is 0 Å². The van der Waals surface area contributed by atoms with E-state index in [1.165, 1.54) is 29.2 Å². The van der Waals surface area contributed by atoms with Crippen LogP contribution < -0.4 is 9.64 Å². The molecule has 0 aliphatic carbocycles. The third-order valence-corrected chi connectivity index (χ3v) is 4.50. The molecule has 2 heterocycles. The van der Waals surface area contributed by atoms with Crippen molar-refractivity contribution in [2.24, 2.45) is 0 Å². The van der Waals surface area contributed by atoms with Crippen LogP contribution in [0.4, 0.5) is 18.9 Å². The Hall–Kier alpha value is -3.16. The highest BCUT2D eigenvalue weighted by atomic mass is 19.4. The first-order valence-corrected chi connectivity index (χ1v) is 8.33. The van der Waals surface area contributed by atoms with Gasteiger partial charge in [-0.05, 0) is 42.7 Å². The smallest absolute Gasteiger partial charge is 0.506 e. The number of aromatic hydroxyl groups is 1. The van der Waals surface area contributed by atoms with Crippen LogP contribution in [0.2, 0.25) is 0 Å². The second-order valence-electron chi connectivity index (χ2n) is 6.33. The summed E-state index contributed by atoms with van der Waals surface area (Å²) in [5, 5.41) is 10.8. The standard InChI is InChI=1S/C19H15F3N2O3/c20-19(21,22)27-13-7-6-12-9-15(23-14(12)10-13)18(26)24-8-2-4-11-3-1-5-16(25)17(11)24/h1,3,5-7,9-10,23,25H,2,4,8H2. The Bertz CT molecular complexity index is 1030. The van der Waals surface area contributed by atoms with E-state index < -0.39 is 6.36 Å². The number of halogens is 3. The number of H-pyrrole nitrogens is 1. The van der Waals surface area contributed by atoms with Crippen molar-refractivity contribution in [3.05, 3.63) is 53.7 Å². The van der Waals surface area contributed by atoms with Gasteiger partial charge in [-0.1, -0.05) is 12.1 Å². The van der Waals surface area contributed by atoms with Gasteiger partial charge in [0.05, 0.1) is 5.69 Å². The van der Waals surface area contributed by atoms with Gasteiger partial charge in [-0.25, -0.2) is 0 Å². The highest BCUT2D eigenvalue weighted by Crippen LogP contribution is 2.36. The lowest BCUT2D eigenvalue weighted by Gasteiger charge is -2.29. The fourth-order valence-corrected chi connectivity index (χ4v) is 3.40. The number of amides is 1. The summed E-state index contributed by atoms with van der Waals surface area (Å²) in [6.07, 6.45) is -3.27. The van der Waals surface area contributed by atoms with E-state index in [0.717, 1.165) is 18.4 Å². The van der Waals surface area contributed by atoms with Gasteiger partial charge >= 0.3 is 6.36 Å². The topological polar surface area (TPSA) is 65.6 Å². The lowest BCUT2D eigenvalue weighted by molar-refractivity contribution is -0.274. The molecule has 0 saturated carbocycles. The zero-order valence-corrected chi connectivity index (χ0v) is 14.0. The average molecular weight is 376 g/mol. The number of ether oxygens (including phenoxy) is 1. The van der Waals surface area contributed by atoms with Gasteiger partial charge < -0.3 is 19.7 Å². The van der Waals surface area contributed by atoms with Crippen LogP contribution in [0.3, 0.4) is 0 Å². The van der Waals surface area contributed by atoms with Crippen LogP contribution in [-0.2, 0) is 6.42 Å². The highest BCUT2D eigenvalue weighted by Gasteiger charge is 2.31. The molecule has 1 aliphatic rings. The number of aromatic nitrogens is 1. The maximum atomic E-state index is 13.0. The molecule has 8 heteroatoms. The summed E-state index contributed by atoms with van der Waals surface area (Å²) < 4.78 is 41.0. The van der Waals surface area contributed by atoms with E-state index in [9.17, 15) is 23.1 Å². The van der Waals surface area contributed by atoms with Crippen molar-refractivity contribution in [3.8, 4) is 11.5 Å². The number of aryl methyl sites for hydroxylation is 1. The first-order chi connectivity index (χ1) is 12.8. The predicted octanol–water partition coefficient (Wildman–Crippen LogP) is 4.37. The van der Waals surface area contributed by atoms with Crippen LogP contribution in [0.5, 0.6) is 11.5 Å². The largest absolute Gasteiger partial charge is 0.573 e. The van der Waals surface area contributed by atoms with Gasteiger partial charge in [0.1, 0.15) is 17.2 Å². The second-order valence-corrected chi connectivity index (χ2v) is 6.33. The summed E-state index contributed by atoms with van der Waals surface area (Å²) in [6, 6.07) is 10.5. The second kappa shape index (κ2) is 6.22. The summed E-state index contributed by atoms with van der Waals surface area (Å²) >= 11 is 0.